The van der Waals surface area contributed by atoms with Crippen molar-refractivity contribution in [3.63, 3.8) is 0 Å². The van der Waals surface area contributed by atoms with Crippen LogP contribution in [-0.2, 0) is 19.5 Å². The summed E-state index contributed by atoms with van der Waals surface area (Å²) in [4.78, 5) is 15.0. The van der Waals surface area contributed by atoms with Crippen LogP contribution >= 0.6 is 0 Å². The molecular weight excluding hydrogens is 527 g/mol. The van der Waals surface area contributed by atoms with Gasteiger partial charge in [-0.05, 0) is 67.2 Å². The minimum Gasteiger partial charge on any atom is -0.492 e. The van der Waals surface area contributed by atoms with Crippen LogP contribution in [0.4, 0.5) is 14.9 Å². The molecule has 1 heterocycles. The molecule has 0 spiro atoms. The van der Waals surface area contributed by atoms with Crippen molar-refractivity contribution in [3.05, 3.63) is 58.9 Å². The number of carbonyl (C=O) groups excluding carboxylic acids is 1. The Morgan fingerprint density at radius 2 is 1.97 bits per heavy atom. The third-order valence-electron chi connectivity index (χ3n) is 7.29. The average molecular weight is 563 g/mol. The Hall–Kier alpha value is -2.99. The number of benzene rings is 2. The van der Waals surface area contributed by atoms with Crippen LogP contribution in [0.25, 0.3) is 6.08 Å². The van der Waals surface area contributed by atoms with Crippen molar-refractivity contribution in [1.82, 2.24) is 4.90 Å². The van der Waals surface area contributed by atoms with E-state index in [1.54, 1.807) is 12.1 Å². The Bertz CT molecular complexity index is 1340. The van der Waals surface area contributed by atoms with Crippen LogP contribution in [-0.4, -0.2) is 65.0 Å². The number of fused-ring (bicyclic) bond motifs is 3. The number of hydrogen-bond donors (Lipinski definition) is 1. The number of hydrogen-bond acceptors (Lipinski definition) is 8. The molecule has 212 valence electrons. The first-order valence-corrected chi connectivity index (χ1v) is 14.4. The van der Waals surface area contributed by atoms with Crippen LogP contribution in [0.5, 0.6) is 5.75 Å². The standard InChI is InChI=1S/C28H35FN2O7S/c1-5-30(6-2)14-8-7-9-18-15-20(29)10-13-24(18)39(34,35)31(28(33)37-4)23-12-11-21-22-16-19(22)17-38-26(21)25(23)27(32)36-3/h7,9-13,15,19,22,27,32H,5-6,8,14,16-17H2,1-4H3. The molecule has 1 saturated carbocycles. The molecule has 39 heavy (non-hydrogen) atoms. The van der Waals surface area contributed by atoms with Crippen LogP contribution < -0.4 is 9.04 Å². The summed E-state index contributed by atoms with van der Waals surface area (Å²) in [6.45, 7) is 7.02. The van der Waals surface area contributed by atoms with E-state index in [1.165, 1.54) is 19.3 Å². The molecule has 9 nitrogen and oxygen atoms in total. The Labute approximate surface area is 228 Å². The van der Waals surface area contributed by atoms with E-state index in [0.717, 1.165) is 56.9 Å². The number of nitrogens with zero attached hydrogens (tertiary/aromatic N) is 2. The first kappa shape index (κ1) is 29.0. The lowest BCUT2D eigenvalue weighted by Gasteiger charge is -2.29. The molecular formula is C28H35FN2O7S. The fraction of sp³-hybridized carbons (Fsp3) is 0.464. The van der Waals surface area contributed by atoms with Crippen LogP contribution in [0.2, 0.25) is 0 Å². The number of aliphatic hydroxyl groups is 1. The zero-order chi connectivity index (χ0) is 28.3. The SMILES string of the molecule is CCN(CC)CCC=Cc1cc(F)ccc1S(=O)(=O)N(C(=O)OC)c1ccc2c(c1C(O)OC)OCC1CC21. The third-order valence-corrected chi connectivity index (χ3v) is 9.04. The molecule has 0 saturated heterocycles. The van der Waals surface area contributed by atoms with E-state index >= 15 is 0 Å². The second-order valence-electron chi connectivity index (χ2n) is 9.56. The van der Waals surface area contributed by atoms with E-state index in [1.807, 2.05) is 0 Å². The number of amides is 1. The van der Waals surface area contributed by atoms with E-state index in [-0.39, 0.29) is 27.6 Å². The van der Waals surface area contributed by atoms with Gasteiger partial charge in [-0.15, -0.1) is 0 Å². The second kappa shape index (κ2) is 12.0. The topological polar surface area (TPSA) is 106 Å². The molecule has 4 rings (SSSR count). The van der Waals surface area contributed by atoms with E-state index in [0.29, 0.717) is 29.0 Å². The molecule has 2 aromatic carbocycles. The van der Waals surface area contributed by atoms with Gasteiger partial charge in [-0.2, -0.15) is 4.31 Å². The van der Waals surface area contributed by atoms with E-state index in [4.69, 9.17) is 14.2 Å². The summed E-state index contributed by atoms with van der Waals surface area (Å²) in [5.74, 6) is 0.268. The lowest BCUT2D eigenvalue weighted by atomic mass is 9.99. The minimum absolute atomic E-state index is 0.00718. The van der Waals surface area contributed by atoms with Gasteiger partial charge in [0.25, 0.3) is 10.0 Å². The molecule has 1 N–H and O–H groups in total. The fourth-order valence-electron chi connectivity index (χ4n) is 4.99. The highest BCUT2D eigenvalue weighted by Crippen LogP contribution is 2.56. The summed E-state index contributed by atoms with van der Waals surface area (Å²) < 4.78 is 58.9. The smallest absolute Gasteiger partial charge is 0.428 e. The maximum absolute atomic E-state index is 14.3. The maximum Gasteiger partial charge on any atom is 0.428 e. The highest BCUT2D eigenvalue weighted by Gasteiger charge is 2.46. The fourth-order valence-corrected chi connectivity index (χ4v) is 6.55. The zero-order valence-electron chi connectivity index (χ0n) is 22.6. The van der Waals surface area contributed by atoms with Crippen molar-refractivity contribution in [2.75, 3.05) is 44.8 Å². The van der Waals surface area contributed by atoms with E-state index in [9.17, 15) is 22.7 Å². The minimum atomic E-state index is -4.66. The number of halogens is 1. The van der Waals surface area contributed by atoms with Gasteiger partial charge in [-0.1, -0.05) is 32.1 Å². The van der Waals surface area contributed by atoms with E-state index < -0.39 is 28.2 Å². The maximum atomic E-state index is 14.3. The Kier molecular flexibility index (Phi) is 8.95. The molecule has 0 aromatic heterocycles. The molecule has 1 aliphatic heterocycles. The molecule has 3 unspecified atom stereocenters. The van der Waals surface area contributed by atoms with Gasteiger partial charge in [0.15, 0.2) is 6.29 Å². The number of sulfonamides is 1. The van der Waals surface area contributed by atoms with Crippen LogP contribution in [0.1, 0.15) is 55.6 Å². The second-order valence-corrected chi connectivity index (χ2v) is 11.3. The van der Waals surface area contributed by atoms with Gasteiger partial charge in [-0.25, -0.2) is 17.6 Å². The van der Waals surface area contributed by atoms with Crippen molar-refractivity contribution in [2.24, 2.45) is 5.92 Å². The van der Waals surface area contributed by atoms with Gasteiger partial charge < -0.3 is 24.2 Å². The van der Waals surface area contributed by atoms with Crippen molar-refractivity contribution in [1.29, 1.82) is 0 Å². The highest BCUT2D eigenvalue weighted by molar-refractivity contribution is 7.93. The summed E-state index contributed by atoms with van der Waals surface area (Å²) in [5.41, 5.74) is 0.733. The highest BCUT2D eigenvalue weighted by atomic mass is 32.2. The predicted molar refractivity (Wildman–Crippen MR) is 145 cm³/mol. The quantitative estimate of drug-likeness (QED) is 0.394. The van der Waals surface area contributed by atoms with Gasteiger partial charge >= 0.3 is 6.09 Å². The van der Waals surface area contributed by atoms with Gasteiger partial charge in [0, 0.05) is 19.6 Å². The summed E-state index contributed by atoms with van der Waals surface area (Å²) >= 11 is 0. The first-order chi connectivity index (χ1) is 18.7. The monoisotopic (exact) mass is 562 g/mol. The summed E-state index contributed by atoms with van der Waals surface area (Å²) in [7, 11) is -2.35. The Balaban J connectivity index is 1.81. The molecule has 2 aliphatic rings. The van der Waals surface area contributed by atoms with Crippen LogP contribution in [0.15, 0.2) is 41.3 Å². The summed E-state index contributed by atoms with van der Waals surface area (Å²) in [6.07, 6.45) is 2.05. The molecule has 0 bridgehead atoms. The number of anilines is 1. The average Bonchev–Trinajstić information content (AvgIpc) is 3.72. The Morgan fingerprint density at radius 1 is 1.23 bits per heavy atom. The van der Waals surface area contributed by atoms with Crippen molar-refractivity contribution in [2.45, 2.75) is 43.8 Å². The van der Waals surface area contributed by atoms with Gasteiger partial charge in [-0.3, -0.25) is 0 Å². The predicted octanol–water partition coefficient (Wildman–Crippen LogP) is 4.67. The number of carbonyl (C=O) groups is 1. The van der Waals surface area contributed by atoms with Crippen molar-refractivity contribution in [3.8, 4) is 5.75 Å². The molecule has 11 heteroatoms. The molecule has 1 aliphatic carbocycles. The largest absolute Gasteiger partial charge is 0.492 e. The molecule has 1 amide bonds. The number of rotatable bonds is 11. The Morgan fingerprint density at radius 3 is 2.64 bits per heavy atom. The van der Waals surface area contributed by atoms with Gasteiger partial charge in [0.05, 0.1) is 29.9 Å². The molecule has 0 radical (unpaired) electrons. The normalized spacial score (nSPS) is 18.8. The van der Waals surface area contributed by atoms with Crippen molar-refractivity contribution >= 4 is 27.9 Å². The number of ether oxygens (including phenoxy) is 3. The van der Waals surface area contributed by atoms with Crippen molar-refractivity contribution < 1.29 is 36.9 Å². The third kappa shape index (κ3) is 5.81. The molecule has 1 fully saturated rings. The lowest BCUT2D eigenvalue weighted by molar-refractivity contribution is -0.0780. The van der Waals surface area contributed by atoms with Crippen LogP contribution in [0.3, 0.4) is 0 Å². The van der Waals surface area contributed by atoms with Crippen LogP contribution in [0, 0.1) is 11.7 Å². The van der Waals surface area contributed by atoms with Gasteiger partial charge in [0.2, 0.25) is 0 Å². The summed E-state index contributed by atoms with van der Waals surface area (Å²) in [6, 6.07) is 6.37. The zero-order valence-corrected chi connectivity index (χ0v) is 23.4. The van der Waals surface area contributed by atoms with E-state index in [2.05, 4.69) is 18.7 Å². The molecule has 2 aromatic rings. The molecule has 3 atom stereocenters. The first-order valence-electron chi connectivity index (χ1n) is 13.0. The lowest BCUT2D eigenvalue weighted by Crippen LogP contribution is -2.38. The van der Waals surface area contributed by atoms with Gasteiger partial charge in [0.1, 0.15) is 11.6 Å². The number of methoxy groups -OCH3 is 2. The number of aliphatic hydroxyl groups excluding tert-OH is 1. The summed E-state index contributed by atoms with van der Waals surface area (Å²) in [5, 5.41) is 10.8.